The highest BCUT2D eigenvalue weighted by molar-refractivity contribution is 6.33. The lowest BCUT2D eigenvalue weighted by Gasteiger charge is -2.19. The largest absolute Gasteiger partial charge is 0.497 e. The molecule has 5 rings (SSSR count). The molecule has 1 amide bonds. The Balaban J connectivity index is 1.46. The number of para-hydroxylation sites is 2. The number of aryl methyl sites for hydroxylation is 1. The monoisotopic (exact) mass is 484 g/mol. The lowest BCUT2D eigenvalue weighted by molar-refractivity contribution is 0.0952. The molecule has 0 radical (unpaired) electrons. The minimum Gasteiger partial charge on any atom is -0.497 e. The number of H-pyrrole nitrogens is 1. The van der Waals surface area contributed by atoms with E-state index in [0.29, 0.717) is 23.0 Å². The van der Waals surface area contributed by atoms with Crippen molar-refractivity contribution in [1.29, 1.82) is 0 Å². The Morgan fingerprint density at radius 1 is 1.06 bits per heavy atom. The number of nitrogens with zero attached hydrogens (tertiary/aromatic N) is 2. The molecule has 0 bridgehead atoms. The molecule has 5 aromatic rings. The highest BCUT2D eigenvalue weighted by Gasteiger charge is 2.24. The average Bonchev–Trinajstić information content (AvgIpc) is 3.45. The van der Waals surface area contributed by atoms with Crippen molar-refractivity contribution >= 4 is 28.4 Å². The minimum atomic E-state index is -0.256. The number of nitrogens with one attached hydrogen (secondary N) is 2. The molecule has 0 aliphatic heterocycles. The molecule has 7 heteroatoms. The van der Waals surface area contributed by atoms with Gasteiger partial charge in [-0.15, -0.1) is 0 Å². The van der Waals surface area contributed by atoms with Crippen LogP contribution < -0.4 is 10.1 Å². The second-order valence-electron chi connectivity index (χ2n) is 8.32. The zero-order valence-electron chi connectivity index (χ0n) is 19.5. The number of amides is 1. The molecule has 2 aromatic heterocycles. The molecule has 0 spiro atoms. The molecule has 6 nitrogen and oxygen atoms in total. The molecule has 176 valence electrons. The third-order valence-electron chi connectivity index (χ3n) is 6.21. The first kappa shape index (κ1) is 22.7. The predicted octanol–water partition coefficient (Wildman–Crippen LogP) is 5.89. The van der Waals surface area contributed by atoms with Crippen molar-refractivity contribution in [2.45, 2.75) is 12.8 Å². The third-order valence-corrected chi connectivity index (χ3v) is 6.56. The van der Waals surface area contributed by atoms with Crippen LogP contribution in [0.5, 0.6) is 5.75 Å². The van der Waals surface area contributed by atoms with Gasteiger partial charge >= 0.3 is 0 Å². The quantitative estimate of drug-likeness (QED) is 0.303. The number of fused-ring (bicyclic) bond motifs is 1. The van der Waals surface area contributed by atoms with Gasteiger partial charge in [-0.25, -0.2) is 4.68 Å². The normalized spacial score (nSPS) is 12.0. The number of rotatable bonds is 7. The van der Waals surface area contributed by atoms with E-state index in [0.717, 1.165) is 33.5 Å². The zero-order chi connectivity index (χ0) is 24.4. The lowest BCUT2D eigenvalue weighted by atomic mass is 9.90. The number of ether oxygens (including phenoxy) is 1. The summed E-state index contributed by atoms with van der Waals surface area (Å²) in [6.07, 6.45) is 2.01. The first-order chi connectivity index (χ1) is 17.1. The summed E-state index contributed by atoms with van der Waals surface area (Å²) in [6, 6.07) is 25.6. The van der Waals surface area contributed by atoms with Gasteiger partial charge in [0.1, 0.15) is 10.9 Å². The fourth-order valence-electron chi connectivity index (χ4n) is 4.41. The van der Waals surface area contributed by atoms with E-state index in [2.05, 4.69) is 21.5 Å². The van der Waals surface area contributed by atoms with Gasteiger partial charge in [0.05, 0.1) is 24.1 Å². The molecular formula is C28H25ClN4O2. The van der Waals surface area contributed by atoms with Gasteiger partial charge in [0.2, 0.25) is 0 Å². The molecule has 1 unspecified atom stereocenters. The number of hydrogen-bond donors (Lipinski definition) is 2. The van der Waals surface area contributed by atoms with Gasteiger partial charge < -0.3 is 15.0 Å². The van der Waals surface area contributed by atoms with Crippen LogP contribution in [0.1, 0.15) is 33.1 Å². The van der Waals surface area contributed by atoms with Crippen LogP contribution in [0.3, 0.4) is 0 Å². The summed E-state index contributed by atoms with van der Waals surface area (Å²) < 4.78 is 6.92. The van der Waals surface area contributed by atoms with Crippen molar-refractivity contribution < 1.29 is 9.53 Å². The van der Waals surface area contributed by atoms with E-state index in [1.54, 1.807) is 18.7 Å². The first-order valence-corrected chi connectivity index (χ1v) is 11.7. The van der Waals surface area contributed by atoms with Gasteiger partial charge in [0.25, 0.3) is 5.91 Å². The summed E-state index contributed by atoms with van der Waals surface area (Å²) in [5, 5.41) is 9.02. The molecule has 1 atom stereocenters. The number of halogens is 1. The SMILES string of the molecule is COc1ccc(C(CNC(=O)c2c(C)nn(-c3ccccc3)c2Cl)c2c[nH]c3ccccc23)cc1. The molecular weight excluding hydrogens is 460 g/mol. The van der Waals surface area contributed by atoms with Crippen LogP contribution >= 0.6 is 11.6 Å². The van der Waals surface area contributed by atoms with Gasteiger partial charge in [-0.1, -0.05) is 60.1 Å². The van der Waals surface area contributed by atoms with Crippen molar-refractivity contribution in [2.75, 3.05) is 13.7 Å². The lowest BCUT2D eigenvalue weighted by Crippen LogP contribution is -2.29. The van der Waals surface area contributed by atoms with Crippen LogP contribution in [0.25, 0.3) is 16.6 Å². The van der Waals surface area contributed by atoms with Gasteiger partial charge in [-0.05, 0) is 48.4 Å². The maximum Gasteiger partial charge on any atom is 0.256 e. The zero-order valence-corrected chi connectivity index (χ0v) is 20.2. The van der Waals surface area contributed by atoms with E-state index in [1.165, 1.54) is 0 Å². The Morgan fingerprint density at radius 2 is 1.77 bits per heavy atom. The fraction of sp³-hybridized carbons (Fsp3) is 0.143. The van der Waals surface area contributed by atoms with Crippen molar-refractivity contribution in [3.63, 3.8) is 0 Å². The Kier molecular flexibility index (Phi) is 6.29. The van der Waals surface area contributed by atoms with Gasteiger partial charge in [0, 0.05) is 29.6 Å². The maximum atomic E-state index is 13.3. The molecule has 2 heterocycles. The topological polar surface area (TPSA) is 71.9 Å². The minimum absolute atomic E-state index is 0.0794. The van der Waals surface area contributed by atoms with E-state index in [4.69, 9.17) is 16.3 Å². The third kappa shape index (κ3) is 4.40. The molecule has 35 heavy (non-hydrogen) atoms. The second kappa shape index (κ2) is 9.68. The summed E-state index contributed by atoms with van der Waals surface area (Å²) in [5.41, 5.74) is 4.98. The van der Waals surface area contributed by atoms with E-state index < -0.39 is 0 Å². The van der Waals surface area contributed by atoms with Crippen LogP contribution in [0, 0.1) is 6.92 Å². The number of carbonyl (C=O) groups is 1. The summed E-state index contributed by atoms with van der Waals surface area (Å²) in [6.45, 7) is 2.18. The second-order valence-corrected chi connectivity index (χ2v) is 8.68. The number of methoxy groups -OCH3 is 1. The van der Waals surface area contributed by atoms with Crippen LogP contribution in [0.2, 0.25) is 5.15 Å². The van der Waals surface area contributed by atoms with E-state index >= 15 is 0 Å². The first-order valence-electron chi connectivity index (χ1n) is 11.4. The molecule has 0 aliphatic carbocycles. The molecule has 0 fully saturated rings. The molecule has 0 saturated heterocycles. The number of hydrogen-bond acceptors (Lipinski definition) is 3. The summed E-state index contributed by atoms with van der Waals surface area (Å²) in [5.74, 6) is 0.448. The van der Waals surface area contributed by atoms with Crippen molar-refractivity contribution in [1.82, 2.24) is 20.1 Å². The summed E-state index contributed by atoms with van der Waals surface area (Å²) in [4.78, 5) is 16.7. The van der Waals surface area contributed by atoms with Crippen LogP contribution in [-0.4, -0.2) is 34.3 Å². The van der Waals surface area contributed by atoms with E-state index in [1.807, 2.05) is 79.0 Å². The molecule has 3 aromatic carbocycles. The molecule has 0 aliphatic rings. The number of benzene rings is 3. The Hall–Kier alpha value is -4.03. The number of carbonyl (C=O) groups excluding carboxylic acids is 1. The Bertz CT molecular complexity index is 1470. The standard InChI is InChI=1S/C28H25ClN4O2/c1-18-26(27(29)33(32-18)20-8-4-3-5-9-20)28(34)31-16-23(19-12-14-21(35-2)15-13-19)24-17-30-25-11-7-6-10-22(24)25/h3-15,17,23,30H,16H2,1-2H3,(H,31,34). The smallest absolute Gasteiger partial charge is 0.256 e. The van der Waals surface area contributed by atoms with Crippen LogP contribution in [0.4, 0.5) is 0 Å². The average molecular weight is 485 g/mol. The maximum absolute atomic E-state index is 13.3. The summed E-state index contributed by atoms with van der Waals surface area (Å²) >= 11 is 6.62. The Labute approximate surface area is 208 Å². The summed E-state index contributed by atoms with van der Waals surface area (Å²) in [7, 11) is 1.65. The van der Waals surface area contributed by atoms with Crippen molar-refractivity contribution in [3.8, 4) is 11.4 Å². The number of aromatic amines is 1. The van der Waals surface area contributed by atoms with Crippen LogP contribution in [-0.2, 0) is 0 Å². The highest BCUT2D eigenvalue weighted by atomic mass is 35.5. The van der Waals surface area contributed by atoms with Crippen molar-refractivity contribution in [2.24, 2.45) is 0 Å². The fourth-order valence-corrected chi connectivity index (χ4v) is 4.76. The van der Waals surface area contributed by atoms with Gasteiger partial charge in [-0.2, -0.15) is 5.10 Å². The Morgan fingerprint density at radius 3 is 2.51 bits per heavy atom. The molecule has 2 N–H and O–H groups in total. The highest BCUT2D eigenvalue weighted by Crippen LogP contribution is 2.32. The van der Waals surface area contributed by atoms with Gasteiger partial charge in [0.15, 0.2) is 0 Å². The molecule has 0 saturated carbocycles. The van der Waals surface area contributed by atoms with Crippen molar-refractivity contribution in [3.05, 3.63) is 113 Å². The van der Waals surface area contributed by atoms with E-state index in [9.17, 15) is 4.79 Å². The van der Waals surface area contributed by atoms with Gasteiger partial charge in [-0.3, -0.25) is 4.79 Å². The van der Waals surface area contributed by atoms with E-state index in [-0.39, 0.29) is 11.8 Å². The number of aromatic nitrogens is 3. The predicted molar refractivity (Wildman–Crippen MR) is 139 cm³/mol. The van der Waals surface area contributed by atoms with Crippen LogP contribution in [0.15, 0.2) is 85.1 Å².